The molecule has 4 heterocycles. The van der Waals surface area contributed by atoms with Crippen molar-refractivity contribution in [3.63, 3.8) is 0 Å². The first-order chi connectivity index (χ1) is 20.8. The van der Waals surface area contributed by atoms with E-state index >= 15 is 0 Å². The molecule has 3 aliphatic rings. The highest BCUT2D eigenvalue weighted by atomic mass is 32.2. The average Bonchev–Trinajstić information content (AvgIpc) is 3.05. The van der Waals surface area contributed by atoms with Crippen LogP contribution in [0, 0.1) is 5.82 Å². The number of hydrogen-bond acceptors (Lipinski definition) is 9. The Hall–Kier alpha value is -2.44. The summed E-state index contributed by atoms with van der Waals surface area (Å²) in [5, 5.41) is 10.5. The molecular weight excluding hydrogens is 586 g/mol. The van der Waals surface area contributed by atoms with E-state index in [0.29, 0.717) is 17.8 Å². The maximum absolute atomic E-state index is 14.3. The van der Waals surface area contributed by atoms with E-state index in [2.05, 4.69) is 31.5 Å². The van der Waals surface area contributed by atoms with Gasteiger partial charge in [0.25, 0.3) is 0 Å². The summed E-state index contributed by atoms with van der Waals surface area (Å²) in [6.45, 7) is 11.7. The predicted octanol–water partition coefficient (Wildman–Crippen LogP) is 4.70. The number of nitrogens with zero attached hydrogens (tertiary/aromatic N) is 5. The van der Waals surface area contributed by atoms with Gasteiger partial charge in [-0.3, -0.25) is 14.8 Å². The van der Waals surface area contributed by atoms with E-state index in [1.165, 1.54) is 38.2 Å². The van der Waals surface area contributed by atoms with Crippen molar-refractivity contribution in [1.29, 1.82) is 0 Å². The molecule has 3 fully saturated rings. The van der Waals surface area contributed by atoms with Gasteiger partial charge < -0.3 is 14.9 Å². The lowest BCUT2D eigenvalue weighted by molar-refractivity contribution is 0.0384. The second-order valence-electron chi connectivity index (χ2n) is 11.9. The molecule has 0 amide bonds. The van der Waals surface area contributed by atoms with Crippen molar-refractivity contribution in [2.75, 3.05) is 70.1 Å². The van der Waals surface area contributed by atoms with E-state index in [4.69, 9.17) is 0 Å². The number of thioether (sulfide) groups is 1. The van der Waals surface area contributed by atoms with Gasteiger partial charge in [0.05, 0.1) is 16.1 Å². The van der Waals surface area contributed by atoms with Crippen LogP contribution in [0.25, 0.3) is 10.9 Å². The number of likely N-dealkylation sites (tertiary alicyclic amines) is 1. The van der Waals surface area contributed by atoms with Crippen molar-refractivity contribution in [3.8, 4) is 5.75 Å². The molecule has 1 N–H and O–H groups in total. The zero-order chi connectivity index (χ0) is 30.1. The van der Waals surface area contributed by atoms with Crippen LogP contribution in [-0.2, 0) is 9.84 Å². The number of benzene rings is 2. The smallest absolute Gasteiger partial charge is 0.210 e. The van der Waals surface area contributed by atoms with Gasteiger partial charge in [-0.15, -0.1) is 11.8 Å². The molecule has 0 radical (unpaired) electrons. The van der Waals surface area contributed by atoms with Gasteiger partial charge >= 0.3 is 0 Å². The Labute approximate surface area is 258 Å². The number of piperidine rings is 2. The monoisotopic (exact) mass is 627 g/mol. The Morgan fingerprint density at radius 1 is 0.907 bits per heavy atom. The number of halogens is 1. The molecule has 3 saturated heterocycles. The summed E-state index contributed by atoms with van der Waals surface area (Å²) in [7, 11) is -4.11. The molecule has 0 aliphatic carbocycles. The minimum absolute atomic E-state index is 0.0736. The summed E-state index contributed by atoms with van der Waals surface area (Å²) in [5.74, 6) is -1.54. The van der Waals surface area contributed by atoms with Gasteiger partial charge in [0.15, 0.2) is 11.6 Å². The van der Waals surface area contributed by atoms with Crippen LogP contribution in [0.4, 0.5) is 10.1 Å². The van der Waals surface area contributed by atoms with E-state index in [0.717, 1.165) is 86.6 Å². The lowest BCUT2D eigenvalue weighted by Crippen LogP contribution is -2.56. The first-order valence-electron chi connectivity index (χ1n) is 15.4. The normalized spacial score (nSPS) is 20.7. The standard InChI is InChI=1S/C32H42FN5O3S2/c1-3-35-12-8-23(9-13-35)36-16-18-37(19-17-36)24-10-14-38(15-11-24)32-27-20-25(42-2)4-6-29(27)34-22-31(32)43(40,41)26-5-7-30(39)28(33)21-26/h4-7,20-24,39H,3,8-19H2,1-2H3. The molecule has 0 atom stereocenters. The summed E-state index contributed by atoms with van der Waals surface area (Å²) in [4.78, 5) is 15.5. The lowest BCUT2D eigenvalue weighted by Gasteiger charge is -2.46. The molecule has 2 aromatic carbocycles. The molecule has 232 valence electrons. The van der Waals surface area contributed by atoms with Crippen LogP contribution >= 0.6 is 11.8 Å². The van der Waals surface area contributed by atoms with Crippen LogP contribution in [0.3, 0.4) is 0 Å². The van der Waals surface area contributed by atoms with Gasteiger partial charge in [-0.05, 0) is 88.0 Å². The van der Waals surface area contributed by atoms with Crippen molar-refractivity contribution >= 4 is 38.2 Å². The van der Waals surface area contributed by atoms with Crippen molar-refractivity contribution in [3.05, 3.63) is 48.4 Å². The first kappa shape index (κ1) is 30.6. The third-order valence-corrected chi connectivity index (χ3v) is 12.2. The Bertz CT molecular complexity index is 1550. The van der Waals surface area contributed by atoms with Gasteiger partial charge in [0.2, 0.25) is 9.84 Å². The van der Waals surface area contributed by atoms with Gasteiger partial charge in [-0.25, -0.2) is 12.8 Å². The molecule has 8 nitrogen and oxygen atoms in total. The maximum Gasteiger partial charge on any atom is 0.210 e. The number of fused-ring (bicyclic) bond motifs is 1. The SMILES string of the molecule is CCN1CCC(N2CCN(C3CCN(c4c(S(=O)(=O)c5ccc(O)c(F)c5)cnc5ccc(SC)cc45)CC3)CC2)CC1. The Morgan fingerprint density at radius 2 is 1.53 bits per heavy atom. The van der Waals surface area contributed by atoms with Crippen molar-refractivity contribution in [2.24, 2.45) is 0 Å². The zero-order valence-electron chi connectivity index (χ0n) is 25.1. The summed E-state index contributed by atoms with van der Waals surface area (Å²) >= 11 is 1.60. The van der Waals surface area contributed by atoms with Crippen molar-refractivity contribution in [1.82, 2.24) is 19.7 Å². The molecule has 3 aliphatic heterocycles. The molecule has 0 bridgehead atoms. The summed E-state index contributed by atoms with van der Waals surface area (Å²) < 4.78 is 42.1. The Morgan fingerprint density at radius 3 is 2.12 bits per heavy atom. The number of aromatic hydroxyl groups is 1. The molecule has 0 unspecified atom stereocenters. The fraction of sp³-hybridized carbons (Fsp3) is 0.531. The van der Waals surface area contributed by atoms with Gasteiger partial charge in [0, 0.05) is 67.8 Å². The van der Waals surface area contributed by atoms with E-state index < -0.39 is 21.4 Å². The van der Waals surface area contributed by atoms with Crippen LogP contribution in [-0.4, -0.2) is 110 Å². The van der Waals surface area contributed by atoms with Crippen LogP contribution in [0.5, 0.6) is 5.75 Å². The Balaban J connectivity index is 1.21. The predicted molar refractivity (Wildman–Crippen MR) is 171 cm³/mol. The van der Waals surface area contributed by atoms with Crippen LogP contribution in [0.2, 0.25) is 0 Å². The molecular formula is C32H42FN5O3S2. The largest absolute Gasteiger partial charge is 0.505 e. The second kappa shape index (κ2) is 12.9. The summed E-state index contributed by atoms with van der Waals surface area (Å²) in [6.07, 6.45) is 7.85. The fourth-order valence-electron chi connectivity index (χ4n) is 7.09. The highest BCUT2D eigenvalue weighted by Crippen LogP contribution is 2.39. The average molecular weight is 628 g/mol. The first-order valence-corrected chi connectivity index (χ1v) is 18.1. The van der Waals surface area contributed by atoms with E-state index in [1.54, 1.807) is 11.8 Å². The third-order valence-electron chi connectivity index (χ3n) is 9.70. The minimum atomic E-state index is -4.11. The third kappa shape index (κ3) is 6.24. The van der Waals surface area contributed by atoms with E-state index in [9.17, 15) is 17.9 Å². The fourth-order valence-corrected chi connectivity index (χ4v) is 8.98. The number of phenols is 1. The van der Waals surface area contributed by atoms with E-state index in [1.807, 2.05) is 24.5 Å². The highest BCUT2D eigenvalue weighted by Gasteiger charge is 2.34. The number of sulfone groups is 1. The van der Waals surface area contributed by atoms with Crippen LogP contribution < -0.4 is 4.90 Å². The molecule has 0 spiro atoms. The molecule has 6 rings (SSSR count). The lowest BCUT2D eigenvalue weighted by atomic mass is 9.99. The van der Waals surface area contributed by atoms with Crippen molar-refractivity contribution in [2.45, 2.75) is 59.4 Å². The number of piperazine rings is 1. The number of aromatic nitrogens is 1. The maximum atomic E-state index is 14.3. The molecule has 1 aromatic heterocycles. The molecule has 11 heteroatoms. The number of rotatable bonds is 7. The number of anilines is 1. The zero-order valence-corrected chi connectivity index (χ0v) is 26.7. The molecule has 0 saturated carbocycles. The number of hydrogen-bond donors (Lipinski definition) is 1. The molecule has 3 aromatic rings. The minimum Gasteiger partial charge on any atom is -0.505 e. The Kier molecular flexibility index (Phi) is 9.16. The quantitative estimate of drug-likeness (QED) is 0.375. The topological polar surface area (TPSA) is 80.2 Å². The van der Waals surface area contributed by atoms with Gasteiger partial charge in [-0.1, -0.05) is 6.92 Å². The summed E-state index contributed by atoms with van der Waals surface area (Å²) in [5.41, 5.74) is 1.36. The van der Waals surface area contributed by atoms with E-state index in [-0.39, 0.29) is 9.79 Å². The second-order valence-corrected chi connectivity index (χ2v) is 14.7. The number of pyridine rings is 1. The van der Waals surface area contributed by atoms with Crippen LogP contribution in [0.15, 0.2) is 57.3 Å². The van der Waals surface area contributed by atoms with Gasteiger partial charge in [0.1, 0.15) is 4.90 Å². The molecule has 43 heavy (non-hydrogen) atoms. The van der Waals surface area contributed by atoms with Crippen LogP contribution in [0.1, 0.15) is 32.6 Å². The van der Waals surface area contributed by atoms with Crippen molar-refractivity contribution < 1.29 is 17.9 Å². The number of phenolic OH excluding ortho intramolecular Hbond substituents is 1. The summed E-state index contributed by atoms with van der Waals surface area (Å²) in [6, 6.07) is 10.3. The highest BCUT2D eigenvalue weighted by molar-refractivity contribution is 7.98. The van der Waals surface area contributed by atoms with Gasteiger partial charge in [-0.2, -0.15) is 0 Å².